The van der Waals surface area contributed by atoms with Gasteiger partial charge in [-0.05, 0) is 61.8 Å². The number of hydrogen-bond acceptors (Lipinski definition) is 6. The van der Waals surface area contributed by atoms with Crippen LogP contribution in [0.2, 0.25) is 10.0 Å². The molecule has 5 rings (SSSR count). The quantitative estimate of drug-likeness (QED) is 0.335. The average molecular weight is 540 g/mol. The Bertz CT molecular complexity index is 1310. The van der Waals surface area contributed by atoms with E-state index in [0.717, 1.165) is 26.5 Å². The molecule has 0 amide bonds. The zero-order valence-electron chi connectivity index (χ0n) is 18.5. The van der Waals surface area contributed by atoms with Crippen molar-refractivity contribution in [3.05, 3.63) is 38.8 Å². The Morgan fingerprint density at radius 1 is 0.781 bits per heavy atom. The van der Waals surface area contributed by atoms with Gasteiger partial charge in [0.2, 0.25) is 0 Å². The summed E-state index contributed by atoms with van der Waals surface area (Å²) in [6.07, 6.45) is 0. The van der Waals surface area contributed by atoms with E-state index in [-0.39, 0.29) is 0 Å². The Labute approximate surface area is 204 Å². The van der Waals surface area contributed by atoms with E-state index in [4.69, 9.17) is 32.5 Å². The summed E-state index contributed by atoms with van der Waals surface area (Å²) in [6.45, 7) is 8.06. The summed E-state index contributed by atoms with van der Waals surface area (Å²) in [5, 5.41) is 17.9. The highest BCUT2D eigenvalue weighted by molar-refractivity contribution is 9.10. The second kappa shape index (κ2) is 8.25. The lowest BCUT2D eigenvalue weighted by Crippen LogP contribution is -2.41. The Morgan fingerprint density at radius 2 is 1.25 bits per heavy atom. The van der Waals surface area contributed by atoms with Crippen LogP contribution >= 0.6 is 39.1 Å². The van der Waals surface area contributed by atoms with Gasteiger partial charge in [-0.2, -0.15) is 30.0 Å². The minimum atomic E-state index is -0.487. The summed E-state index contributed by atoms with van der Waals surface area (Å²) in [6, 6.07) is 7.51. The molecule has 0 bridgehead atoms. The van der Waals surface area contributed by atoms with Crippen LogP contribution in [-0.4, -0.2) is 48.3 Å². The summed E-state index contributed by atoms with van der Waals surface area (Å²) in [7, 11) is 3.05. The molecule has 1 saturated heterocycles. The molecule has 0 spiro atoms. The lowest BCUT2D eigenvalue weighted by Gasteiger charge is -2.32. The van der Waals surface area contributed by atoms with Crippen LogP contribution in [0.5, 0.6) is 0 Å². The lowest BCUT2D eigenvalue weighted by atomic mass is 9.79. The van der Waals surface area contributed by atoms with Crippen molar-refractivity contribution < 1.29 is 9.31 Å². The molecule has 1 aliphatic rings. The molecule has 1 fully saturated rings. The average Bonchev–Trinajstić information content (AvgIpc) is 3.32. The van der Waals surface area contributed by atoms with Crippen LogP contribution in [0.15, 0.2) is 28.7 Å². The summed E-state index contributed by atoms with van der Waals surface area (Å²) in [5.41, 5.74) is 2.98. The topological polar surface area (TPSA) is 79.9 Å². The van der Waals surface area contributed by atoms with Crippen LogP contribution in [0.1, 0.15) is 27.7 Å². The fraction of sp³-hybridized carbons (Fsp3) is 0.400. The molecular weight excluding hydrogens is 518 g/mol. The third kappa shape index (κ3) is 4.14. The SMILES string of the molecule is Cn1nc2ccc(B3OC(C)(C)C(C)(C)O3)c(Cl)c2n1.Cn1nc2ccc(Br)c(Cl)c2n1. The standard InChI is InChI=1S/C13H17BClN3O2.C7H5BrClN3/c1-12(2)13(3,4)20-14(19-12)8-6-7-9-11(10(8)15)17-18(5)16-9;1-12-10-5-3-2-4(8)6(9)7(5)11-12/h6-7H,1-5H3;2-3H,1H3. The van der Waals surface area contributed by atoms with Gasteiger partial charge in [0.1, 0.15) is 22.1 Å². The molecule has 4 aromatic rings. The van der Waals surface area contributed by atoms with Crippen molar-refractivity contribution in [1.29, 1.82) is 0 Å². The summed E-state index contributed by atoms with van der Waals surface area (Å²) in [5.74, 6) is 0. The van der Waals surface area contributed by atoms with Crippen molar-refractivity contribution >= 4 is 73.8 Å². The highest BCUT2D eigenvalue weighted by atomic mass is 79.9. The fourth-order valence-corrected chi connectivity index (χ4v) is 4.05. The Balaban J connectivity index is 0.000000174. The predicted octanol–water partition coefficient (Wildman–Crippen LogP) is 4.31. The van der Waals surface area contributed by atoms with Gasteiger partial charge < -0.3 is 9.31 Å². The number of aryl methyl sites for hydroxylation is 2. The number of hydrogen-bond donors (Lipinski definition) is 0. The number of rotatable bonds is 1. The maximum Gasteiger partial charge on any atom is 0.496 e. The summed E-state index contributed by atoms with van der Waals surface area (Å²) >= 11 is 15.7. The molecule has 1 aliphatic heterocycles. The minimum absolute atomic E-state index is 0.391. The van der Waals surface area contributed by atoms with E-state index in [1.165, 1.54) is 9.59 Å². The van der Waals surface area contributed by atoms with Crippen LogP contribution in [0.3, 0.4) is 0 Å². The number of aromatic nitrogens is 6. The fourth-order valence-electron chi connectivity index (χ4n) is 3.25. The highest BCUT2D eigenvalue weighted by Gasteiger charge is 2.52. The van der Waals surface area contributed by atoms with Crippen molar-refractivity contribution in [2.45, 2.75) is 38.9 Å². The van der Waals surface area contributed by atoms with Gasteiger partial charge >= 0.3 is 7.12 Å². The van der Waals surface area contributed by atoms with Gasteiger partial charge in [-0.15, -0.1) is 0 Å². The van der Waals surface area contributed by atoms with Gasteiger partial charge in [0, 0.05) is 24.0 Å². The monoisotopic (exact) mass is 538 g/mol. The second-order valence-electron chi connectivity index (χ2n) is 8.53. The zero-order valence-corrected chi connectivity index (χ0v) is 21.6. The van der Waals surface area contributed by atoms with Gasteiger partial charge in [-0.1, -0.05) is 29.3 Å². The van der Waals surface area contributed by atoms with Crippen molar-refractivity contribution in [3.8, 4) is 0 Å². The van der Waals surface area contributed by atoms with Crippen LogP contribution in [0.4, 0.5) is 0 Å². The lowest BCUT2D eigenvalue weighted by molar-refractivity contribution is 0.00578. The summed E-state index contributed by atoms with van der Waals surface area (Å²) < 4.78 is 12.9. The normalized spacial score (nSPS) is 17.1. The molecular formula is C20H22BBrCl2N6O2. The molecule has 32 heavy (non-hydrogen) atoms. The number of halogens is 3. The minimum Gasteiger partial charge on any atom is -0.399 e. The largest absolute Gasteiger partial charge is 0.496 e. The number of benzene rings is 2. The molecule has 0 radical (unpaired) electrons. The van der Waals surface area contributed by atoms with Crippen LogP contribution in [-0.2, 0) is 23.4 Å². The molecule has 0 saturated carbocycles. The van der Waals surface area contributed by atoms with E-state index in [0.29, 0.717) is 15.6 Å². The molecule has 8 nitrogen and oxygen atoms in total. The molecule has 2 aromatic carbocycles. The van der Waals surface area contributed by atoms with Gasteiger partial charge in [0.15, 0.2) is 0 Å². The zero-order chi connectivity index (χ0) is 23.4. The van der Waals surface area contributed by atoms with E-state index in [9.17, 15) is 0 Å². The molecule has 0 unspecified atom stereocenters. The third-order valence-corrected chi connectivity index (χ3v) is 7.34. The molecule has 3 heterocycles. The number of fused-ring (bicyclic) bond motifs is 2. The second-order valence-corrected chi connectivity index (χ2v) is 10.1. The first kappa shape index (κ1) is 23.4. The van der Waals surface area contributed by atoms with E-state index in [1.54, 1.807) is 14.1 Å². The molecule has 0 N–H and O–H groups in total. The first-order chi connectivity index (χ1) is 14.9. The van der Waals surface area contributed by atoms with E-state index < -0.39 is 18.3 Å². The first-order valence-corrected chi connectivity index (χ1v) is 11.4. The Morgan fingerprint density at radius 3 is 1.78 bits per heavy atom. The Hall–Kier alpha value is -1.72. The van der Waals surface area contributed by atoms with Crippen molar-refractivity contribution in [2.24, 2.45) is 14.1 Å². The summed E-state index contributed by atoms with van der Waals surface area (Å²) in [4.78, 5) is 3.01. The van der Waals surface area contributed by atoms with E-state index in [1.807, 2.05) is 52.0 Å². The first-order valence-electron chi connectivity index (χ1n) is 9.90. The molecule has 168 valence electrons. The maximum atomic E-state index is 6.45. The van der Waals surface area contributed by atoms with Gasteiger partial charge in [0.05, 0.1) is 21.2 Å². The molecule has 0 atom stereocenters. The van der Waals surface area contributed by atoms with Crippen LogP contribution in [0.25, 0.3) is 22.1 Å². The Kier molecular flexibility index (Phi) is 6.05. The van der Waals surface area contributed by atoms with Crippen molar-refractivity contribution in [2.75, 3.05) is 0 Å². The van der Waals surface area contributed by atoms with Gasteiger partial charge in [-0.25, -0.2) is 0 Å². The van der Waals surface area contributed by atoms with Crippen molar-refractivity contribution in [1.82, 2.24) is 30.0 Å². The van der Waals surface area contributed by atoms with Crippen LogP contribution in [0, 0.1) is 0 Å². The predicted molar refractivity (Wildman–Crippen MR) is 130 cm³/mol. The van der Waals surface area contributed by atoms with E-state index >= 15 is 0 Å². The third-order valence-electron chi connectivity index (χ3n) is 5.67. The molecule has 12 heteroatoms. The van der Waals surface area contributed by atoms with Gasteiger partial charge in [-0.3, -0.25) is 0 Å². The van der Waals surface area contributed by atoms with Crippen LogP contribution < -0.4 is 5.46 Å². The van der Waals surface area contributed by atoms with Crippen molar-refractivity contribution in [3.63, 3.8) is 0 Å². The molecule has 2 aromatic heterocycles. The van der Waals surface area contributed by atoms with E-state index in [2.05, 4.69) is 36.3 Å². The molecule has 0 aliphatic carbocycles. The number of nitrogens with zero attached hydrogens (tertiary/aromatic N) is 6. The smallest absolute Gasteiger partial charge is 0.399 e. The maximum absolute atomic E-state index is 6.45. The van der Waals surface area contributed by atoms with Gasteiger partial charge in [0.25, 0.3) is 0 Å². The highest BCUT2D eigenvalue weighted by Crippen LogP contribution is 2.37.